The highest BCUT2D eigenvalue weighted by Crippen LogP contribution is 2.36. The first-order valence-corrected chi connectivity index (χ1v) is 6.73. The first-order valence-electron chi connectivity index (χ1n) is 5.12. The molecule has 1 aromatic heterocycles. The summed E-state index contributed by atoms with van der Waals surface area (Å²) in [6.07, 6.45) is 0. The molecule has 1 N–H and O–H groups in total. The number of rotatable bonds is 1. The molecule has 88 valence electrons. The molecule has 0 saturated heterocycles. The van der Waals surface area contributed by atoms with Gasteiger partial charge in [-0.3, -0.25) is 0 Å². The molecule has 0 aromatic carbocycles. The second kappa shape index (κ2) is 4.13. The molecule has 0 atom stereocenters. The van der Waals surface area contributed by atoms with E-state index in [1.54, 1.807) is 0 Å². The van der Waals surface area contributed by atoms with Crippen LogP contribution in [0.1, 0.15) is 40.9 Å². The Labute approximate surface area is 107 Å². The maximum Gasteiger partial charge on any atom is 0.350 e. The normalized spacial score (nSPS) is 15.0. The zero-order chi connectivity index (χ0) is 11.9. The molecule has 0 spiro atoms. The molecule has 0 fully saturated rings. The van der Waals surface area contributed by atoms with Crippen molar-refractivity contribution in [3.63, 3.8) is 0 Å². The fraction of sp³-hybridized carbons (Fsp3) is 0.545. The van der Waals surface area contributed by atoms with Crippen LogP contribution in [0.5, 0.6) is 0 Å². The maximum absolute atomic E-state index is 11.9. The van der Waals surface area contributed by atoms with Crippen LogP contribution in [-0.2, 0) is 17.8 Å². The third-order valence-corrected chi connectivity index (χ3v) is 4.55. The highest BCUT2D eigenvalue weighted by atomic mass is 79.9. The standard InChI is InChI=1S/C11H14BrNO2S/c1-11(2,3)15-10(14)9-8(12)6-4-13-5-7(6)16-9/h13H,4-5H2,1-3H3. The predicted octanol–water partition coefficient (Wildman–Crippen LogP) is 3.07. The second-order valence-electron chi connectivity index (χ2n) is 4.75. The van der Waals surface area contributed by atoms with Gasteiger partial charge in [0.2, 0.25) is 0 Å². The molecule has 0 bridgehead atoms. The smallest absolute Gasteiger partial charge is 0.350 e. The van der Waals surface area contributed by atoms with E-state index >= 15 is 0 Å². The van der Waals surface area contributed by atoms with Crippen LogP contribution in [0.15, 0.2) is 4.47 Å². The molecule has 3 nitrogen and oxygen atoms in total. The van der Waals surface area contributed by atoms with E-state index in [4.69, 9.17) is 4.74 Å². The van der Waals surface area contributed by atoms with Crippen molar-refractivity contribution in [1.29, 1.82) is 0 Å². The van der Waals surface area contributed by atoms with Gasteiger partial charge in [-0.25, -0.2) is 4.79 Å². The largest absolute Gasteiger partial charge is 0.456 e. The SMILES string of the molecule is CC(C)(C)OC(=O)c1sc2c(c1Br)CNC2. The Morgan fingerprint density at radius 3 is 2.69 bits per heavy atom. The number of carbonyl (C=O) groups is 1. The monoisotopic (exact) mass is 303 g/mol. The summed E-state index contributed by atoms with van der Waals surface area (Å²) >= 11 is 4.99. The maximum atomic E-state index is 11.9. The van der Waals surface area contributed by atoms with Gasteiger partial charge in [-0.2, -0.15) is 0 Å². The summed E-state index contributed by atoms with van der Waals surface area (Å²) in [7, 11) is 0. The van der Waals surface area contributed by atoms with Crippen molar-refractivity contribution >= 4 is 33.2 Å². The molecule has 1 aliphatic rings. The molecule has 1 aliphatic heterocycles. The average Bonchev–Trinajstić information content (AvgIpc) is 2.66. The number of nitrogens with one attached hydrogen (secondary N) is 1. The lowest BCUT2D eigenvalue weighted by Gasteiger charge is -2.19. The zero-order valence-electron chi connectivity index (χ0n) is 9.52. The summed E-state index contributed by atoms with van der Waals surface area (Å²) in [5.74, 6) is -0.237. The van der Waals surface area contributed by atoms with Crippen molar-refractivity contribution in [3.05, 3.63) is 19.8 Å². The number of carbonyl (C=O) groups excluding carboxylic acids is 1. The predicted molar refractivity (Wildman–Crippen MR) is 67.7 cm³/mol. The summed E-state index contributed by atoms with van der Waals surface area (Å²) in [4.78, 5) is 13.8. The Kier molecular flexibility index (Phi) is 3.11. The zero-order valence-corrected chi connectivity index (χ0v) is 11.9. The van der Waals surface area contributed by atoms with Crippen molar-refractivity contribution in [2.75, 3.05) is 0 Å². The number of esters is 1. The highest BCUT2D eigenvalue weighted by Gasteiger charge is 2.27. The minimum Gasteiger partial charge on any atom is -0.456 e. The van der Waals surface area contributed by atoms with Crippen LogP contribution in [0.25, 0.3) is 0 Å². The number of halogens is 1. The van der Waals surface area contributed by atoms with Crippen LogP contribution in [0.4, 0.5) is 0 Å². The summed E-state index contributed by atoms with van der Waals surface area (Å²) in [5, 5.41) is 3.25. The fourth-order valence-corrected chi connectivity index (χ4v) is 3.54. The quantitative estimate of drug-likeness (QED) is 0.810. The van der Waals surface area contributed by atoms with E-state index in [0.29, 0.717) is 4.88 Å². The number of hydrogen-bond acceptors (Lipinski definition) is 4. The van der Waals surface area contributed by atoms with Gasteiger partial charge in [0.1, 0.15) is 10.5 Å². The topological polar surface area (TPSA) is 38.3 Å². The van der Waals surface area contributed by atoms with E-state index in [9.17, 15) is 4.79 Å². The molecular weight excluding hydrogens is 290 g/mol. The Morgan fingerprint density at radius 2 is 2.12 bits per heavy atom. The van der Waals surface area contributed by atoms with Crippen LogP contribution < -0.4 is 5.32 Å². The van der Waals surface area contributed by atoms with Gasteiger partial charge in [-0.1, -0.05) is 0 Å². The van der Waals surface area contributed by atoms with E-state index in [1.807, 2.05) is 20.8 Å². The van der Waals surface area contributed by atoms with Crippen molar-refractivity contribution in [3.8, 4) is 0 Å². The fourth-order valence-electron chi connectivity index (χ4n) is 1.56. The van der Waals surface area contributed by atoms with Crippen LogP contribution in [0, 0.1) is 0 Å². The van der Waals surface area contributed by atoms with Crippen LogP contribution in [0.3, 0.4) is 0 Å². The van der Waals surface area contributed by atoms with Gasteiger partial charge in [0.05, 0.1) is 0 Å². The Balaban J connectivity index is 2.25. The minimum absolute atomic E-state index is 0.237. The van der Waals surface area contributed by atoms with Gasteiger partial charge in [-0.15, -0.1) is 11.3 Å². The van der Waals surface area contributed by atoms with E-state index in [-0.39, 0.29) is 5.97 Å². The van der Waals surface area contributed by atoms with E-state index in [1.165, 1.54) is 21.8 Å². The van der Waals surface area contributed by atoms with Crippen LogP contribution in [-0.4, -0.2) is 11.6 Å². The summed E-state index contributed by atoms with van der Waals surface area (Å²) in [5.41, 5.74) is 0.759. The molecule has 0 radical (unpaired) electrons. The molecular formula is C11H14BrNO2S. The average molecular weight is 304 g/mol. The molecule has 2 rings (SSSR count). The minimum atomic E-state index is -0.441. The third-order valence-electron chi connectivity index (χ3n) is 2.20. The Morgan fingerprint density at radius 1 is 1.44 bits per heavy atom. The first kappa shape index (κ1) is 12.1. The molecule has 0 saturated carbocycles. The van der Waals surface area contributed by atoms with Gasteiger partial charge in [0.15, 0.2) is 0 Å². The van der Waals surface area contributed by atoms with Crippen molar-refractivity contribution in [1.82, 2.24) is 5.32 Å². The van der Waals surface area contributed by atoms with Crippen molar-refractivity contribution in [2.45, 2.75) is 39.5 Å². The van der Waals surface area contributed by atoms with Crippen LogP contribution >= 0.6 is 27.3 Å². The molecule has 5 heteroatoms. The van der Waals surface area contributed by atoms with Gasteiger partial charge < -0.3 is 10.1 Å². The van der Waals surface area contributed by atoms with E-state index in [0.717, 1.165) is 17.6 Å². The second-order valence-corrected chi connectivity index (χ2v) is 6.65. The molecule has 2 heterocycles. The highest BCUT2D eigenvalue weighted by molar-refractivity contribution is 9.10. The van der Waals surface area contributed by atoms with Gasteiger partial charge in [-0.05, 0) is 42.3 Å². The molecule has 0 amide bonds. The molecule has 0 aliphatic carbocycles. The number of ether oxygens (including phenoxy) is 1. The summed E-state index contributed by atoms with van der Waals surface area (Å²) < 4.78 is 6.26. The third kappa shape index (κ3) is 2.31. The van der Waals surface area contributed by atoms with Crippen LogP contribution in [0.2, 0.25) is 0 Å². The van der Waals surface area contributed by atoms with Gasteiger partial charge in [0.25, 0.3) is 0 Å². The lowest BCUT2D eigenvalue weighted by atomic mass is 10.2. The lowest BCUT2D eigenvalue weighted by Crippen LogP contribution is -2.23. The van der Waals surface area contributed by atoms with E-state index < -0.39 is 5.60 Å². The van der Waals surface area contributed by atoms with Crippen molar-refractivity contribution in [2.24, 2.45) is 0 Å². The number of fused-ring (bicyclic) bond motifs is 1. The molecule has 16 heavy (non-hydrogen) atoms. The Hall–Kier alpha value is -0.390. The summed E-state index contributed by atoms with van der Waals surface area (Å²) in [6, 6.07) is 0. The van der Waals surface area contributed by atoms with Crippen molar-refractivity contribution < 1.29 is 9.53 Å². The first-order chi connectivity index (χ1) is 7.38. The Bertz CT molecular complexity index is 434. The number of thiophene rings is 1. The summed E-state index contributed by atoms with van der Waals surface area (Å²) in [6.45, 7) is 7.31. The lowest BCUT2D eigenvalue weighted by molar-refractivity contribution is 0.00742. The molecule has 0 unspecified atom stereocenters. The van der Waals surface area contributed by atoms with Gasteiger partial charge >= 0.3 is 5.97 Å². The molecule has 1 aromatic rings. The van der Waals surface area contributed by atoms with E-state index in [2.05, 4.69) is 21.2 Å². The number of hydrogen-bond donors (Lipinski definition) is 1. The van der Waals surface area contributed by atoms with Gasteiger partial charge in [0, 0.05) is 22.4 Å².